The number of halogens is 3. The molecule has 0 radical (unpaired) electrons. The van der Waals surface area contributed by atoms with Gasteiger partial charge in [-0.1, -0.05) is 0 Å². The second-order valence-corrected chi connectivity index (χ2v) is 2.59. The molecule has 7 heteroatoms. The van der Waals surface area contributed by atoms with E-state index in [-0.39, 0.29) is 0 Å². The van der Waals surface area contributed by atoms with Crippen molar-refractivity contribution in [2.75, 3.05) is 21.3 Å². The minimum atomic E-state index is -4.89. The molecular weight excluding hydrogens is 205 g/mol. The van der Waals surface area contributed by atoms with Crippen molar-refractivity contribution < 1.29 is 32.5 Å². The Balaban J connectivity index is 4.54. The molecule has 0 spiro atoms. The van der Waals surface area contributed by atoms with Crippen LogP contribution in [-0.4, -0.2) is 44.7 Å². The summed E-state index contributed by atoms with van der Waals surface area (Å²) < 4.78 is 49.8. The summed E-state index contributed by atoms with van der Waals surface area (Å²) >= 11 is 0. The van der Waals surface area contributed by atoms with Gasteiger partial charge in [-0.05, 0) is 0 Å². The summed E-state index contributed by atoms with van der Waals surface area (Å²) in [5.41, 5.74) is 0. The quantitative estimate of drug-likeness (QED) is 0.696. The number of aliphatic hydroxyl groups is 1. The van der Waals surface area contributed by atoms with Crippen molar-refractivity contribution in [2.24, 2.45) is 0 Å². The third-order valence-corrected chi connectivity index (χ3v) is 1.75. The molecule has 1 N–H and O–H groups in total. The first-order chi connectivity index (χ1) is 6.30. The van der Waals surface area contributed by atoms with Crippen LogP contribution in [-0.2, 0) is 14.2 Å². The monoisotopic (exact) mass is 218 g/mol. The molecule has 0 bridgehead atoms. The molecule has 0 heterocycles. The number of rotatable bonds is 5. The van der Waals surface area contributed by atoms with Gasteiger partial charge < -0.3 is 19.3 Å². The molecule has 0 fully saturated rings. The van der Waals surface area contributed by atoms with Crippen LogP contribution in [0.2, 0.25) is 0 Å². The van der Waals surface area contributed by atoms with E-state index in [9.17, 15) is 13.2 Å². The van der Waals surface area contributed by atoms with E-state index in [1.165, 1.54) is 14.2 Å². The highest BCUT2D eigenvalue weighted by Crippen LogP contribution is 2.35. The summed E-state index contributed by atoms with van der Waals surface area (Å²) in [5, 5.41) is 9.08. The molecule has 0 saturated heterocycles. The Bertz CT molecular complexity index is 169. The van der Waals surface area contributed by atoms with Crippen LogP contribution in [0.15, 0.2) is 0 Å². The van der Waals surface area contributed by atoms with Crippen LogP contribution in [0.4, 0.5) is 13.2 Å². The Kier molecular flexibility index (Phi) is 4.79. The fraction of sp³-hybridized carbons (Fsp3) is 1.00. The molecule has 0 rings (SSSR count). The van der Waals surface area contributed by atoms with Crippen molar-refractivity contribution in [3.8, 4) is 0 Å². The standard InChI is InChI=1S/C7H13F3O4/c1-12-5(13-2)4-6(11,14-3)7(8,9)10/h5,11H,4H2,1-3H3. The lowest BCUT2D eigenvalue weighted by Crippen LogP contribution is -2.49. The second kappa shape index (κ2) is 4.92. The number of hydrogen-bond acceptors (Lipinski definition) is 4. The summed E-state index contributed by atoms with van der Waals surface area (Å²) in [4.78, 5) is 0. The third-order valence-electron chi connectivity index (χ3n) is 1.75. The Labute approximate surface area is 79.6 Å². The lowest BCUT2D eigenvalue weighted by Gasteiger charge is -2.30. The van der Waals surface area contributed by atoms with Crippen LogP contribution < -0.4 is 0 Å². The molecule has 0 saturated carbocycles. The van der Waals surface area contributed by atoms with E-state index in [0.717, 1.165) is 7.11 Å². The van der Waals surface area contributed by atoms with E-state index >= 15 is 0 Å². The average molecular weight is 218 g/mol. The van der Waals surface area contributed by atoms with Crippen LogP contribution >= 0.6 is 0 Å². The van der Waals surface area contributed by atoms with E-state index in [1.54, 1.807) is 0 Å². The van der Waals surface area contributed by atoms with Crippen molar-refractivity contribution in [2.45, 2.75) is 24.7 Å². The van der Waals surface area contributed by atoms with E-state index < -0.39 is 24.7 Å². The first-order valence-electron chi connectivity index (χ1n) is 3.70. The molecule has 86 valence electrons. The van der Waals surface area contributed by atoms with E-state index in [0.29, 0.717) is 0 Å². The van der Waals surface area contributed by atoms with Crippen LogP contribution in [0.5, 0.6) is 0 Å². The summed E-state index contributed by atoms with van der Waals surface area (Å²) in [5.74, 6) is -3.25. The van der Waals surface area contributed by atoms with Gasteiger partial charge in [0.25, 0.3) is 5.79 Å². The topological polar surface area (TPSA) is 47.9 Å². The maximum absolute atomic E-state index is 12.3. The van der Waals surface area contributed by atoms with Crippen molar-refractivity contribution in [1.29, 1.82) is 0 Å². The predicted octanol–water partition coefficient (Wildman–Crippen LogP) is 0.893. The highest BCUT2D eigenvalue weighted by atomic mass is 19.4. The van der Waals surface area contributed by atoms with Crippen LogP contribution in [0.25, 0.3) is 0 Å². The number of ether oxygens (including phenoxy) is 3. The molecule has 4 nitrogen and oxygen atoms in total. The van der Waals surface area contributed by atoms with Crippen molar-refractivity contribution in [3.63, 3.8) is 0 Å². The molecule has 0 aliphatic heterocycles. The van der Waals surface area contributed by atoms with Crippen molar-refractivity contribution in [1.82, 2.24) is 0 Å². The molecule has 1 unspecified atom stereocenters. The van der Waals surface area contributed by atoms with Crippen LogP contribution in [0.3, 0.4) is 0 Å². The number of hydrogen-bond donors (Lipinski definition) is 1. The van der Waals surface area contributed by atoms with Gasteiger partial charge in [-0.2, -0.15) is 13.2 Å². The summed E-state index contributed by atoms with van der Waals surface area (Å²) in [7, 11) is 3.09. The molecule has 0 aromatic carbocycles. The summed E-state index contributed by atoms with van der Waals surface area (Å²) in [6.07, 6.45) is -6.92. The highest BCUT2D eigenvalue weighted by molar-refractivity contribution is 4.77. The Morgan fingerprint density at radius 2 is 1.57 bits per heavy atom. The van der Waals surface area contributed by atoms with Gasteiger partial charge in [0.05, 0.1) is 6.42 Å². The fourth-order valence-electron chi connectivity index (χ4n) is 0.804. The molecule has 0 aromatic rings. The summed E-state index contributed by atoms with van der Waals surface area (Å²) in [6.45, 7) is 0. The van der Waals surface area contributed by atoms with Crippen molar-refractivity contribution >= 4 is 0 Å². The van der Waals surface area contributed by atoms with Gasteiger partial charge in [-0.3, -0.25) is 0 Å². The maximum Gasteiger partial charge on any atom is 0.443 e. The largest absolute Gasteiger partial charge is 0.443 e. The van der Waals surface area contributed by atoms with Crippen LogP contribution in [0.1, 0.15) is 6.42 Å². The van der Waals surface area contributed by atoms with Gasteiger partial charge in [-0.25, -0.2) is 0 Å². The lowest BCUT2D eigenvalue weighted by atomic mass is 10.2. The average Bonchev–Trinajstić information content (AvgIpc) is 2.12. The predicted molar refractivity (Wildman–Crippen MR) is 40.4 cm³/mol. The molecule has 0 aromatic heterocycles. The van der Waals surface area contributed by atoms with E-state index in [4.69, 9.17) is 5.11 Å². The minimum absolute atomic E-state index is 0.760. The fourth-order valence-corrected chi connectivity index (χ4v) is 0.804. The molecular formula is C7H13F3O4. The smallest absolute Gasteiger partial charge is 0.358 e. The third kappa shape index (κ3) is 3.09. The Morgan fingerprint density at radius 1 is 1.14 bits per heavy atom. The van der Waals surface area contributed by atoms with Gasteiger partial charge in [0, 0.05) is 21.3 Å². The van der Waals surface area contributed by atoms with Gasteiger partial charge in [0.1, 0.15) is 0 Å². The van der Waals surface area contributed by atoms with Gasteiger partial charge >= 0.3 is 6.18 Å². The first kappa shape index (κ1) is 13.6. The van der Waals surface area contributed by atoms with Crippen LogP contribution in [0, 0.1) is 0 Å². The van der Waals surface area contributed by atoms with Gasteiger partial charge in [0.2, 0.25) is 0 Å². The second-order valence-electron chi connectivity index (χ2n) is 2.59. The van der Waals surface area contributed by atoms with Gasteiger partial charge in [-0.15, -0.1) is 0 Å². The summed E-state index contributed by atoms with van der Waals surface area (Å²) in [6, 6.07) is 0. The Morgan fingerprint density at radius 3 is 1.79 bits per heavy atom. The zero-order valence-electron chi connectivity index (χ0n) is 8.09. The SMILES string of the molecule is COC(CC(O)(OC)C(F)(F)F)OC. The molecule has 14 heavy (non-hydrogen) atoms. The zero-order valence-corrected chi connectivity index (χ0v) is 8.09. The molecule has 0 amide bonds. The number of methoxy groups -OCH3 is 3. The van der Waals surface area contributed by atoms with Gasteiger partial charge in [0.15, 0.2) is 6.29 Å². The first-order valence-corrected chi connectivity index (χ1v) is 3.70. The molecule has 1 atom stereocenters. The lowest BCUT2D eigenvalue weighted by molar-refractivity contribution is -0.373. The zero-order chi connectivity index (χ0) is 11.4. The number of alkyl halides is 3. The van der Waals surface area contributed by atoms with E-state index in [1.807, 2.05) is 0 Å². The Hall–Kier alpha value is -0.370. The normalized spacial score (nSPS) is 17.1. The molecule has 0 aliphatic rings. The minimum Gasteiger partial charge on any atom is -0.358 e. The molecule has 0 aliphatic carbocycles. The van der Waals surface area contributed by atoms with E-state index in [2.05, 4.69) is 14.2 Å². The maximum atomic E-state index is 12.3. The van der Waals surface area contributed by atoms with Crippen molar-refractivity contribution in [3.05, 3.63) is 0 Å². The highest BCUT2D eigenvalue weighted by Gasteiger charge is 2.55.